The van der Waals surface area contributed by atoms with Crippen LogP contribution in [0, 0.1) is 0 Å². The molecule has 0 aromatic rings. The smallest absolute Gasteiger partial charge is 0.292 e. The number of carbonyl (C=O) groups excluding carboxylic acids is 2. The van der Waals surface area contributed by atoms with E-state index >= 15 is 0 Å². The predicted octanol–water partition coefficient (Wildman–Crippen LogP) is 0.597. The lowest BCUT2D eigenvalue weighted by atomic mass is 9.83. The average Bonchev–Trinajstić information content (AvgIpc) is 2.62. The molecule has 0 saturated carbocycles. The zero-order chi connectivity index (χ0) is 17.2. The van der Waals surface area contributed by atoms with Crippen LogP contribution in [0.5, 0.6) is 0 Å². The zero-order valence-electron chi connectivity index (χ0n) is 14.4. The fourth-order valence-electron chi connectivity index (χ4n) is 3.98. The molecule has 0 atom stereocenters. The van der Waals surface area contributed by atoms with Gasteiger partial charge in [0.2, 0.25) is 11.7 Å². The van der Waals surface area contributed by atoms with Crippen molar-refractivity contribution in [3.05, 3.63) is 11.5 Å². The highest BCUT2D eigenvalue weighted by atomic mass is 16.6. The van der Waals surface area contributed by atoms with Crippen molar-refractivity contribution in [2.75, 3.05) is 39.4 Å². The Hall–Kier alpha value is -1.76. The van der Waals surface area contributed by atoms with Gasteiger partial charge in [0, 0.05) is 13.1 Å². The highest BCUT2D eigenvalue weighted by molar-refractivity contribution is 5.92. The van der Waals surface area contributed by atoms with Crippen LogP contribution in [-0.4, -0.2) is 66.5 Å². The first-order chi connectivity index (χ1) is 11.5. The second kappa shape index (κ2) is 7.01. The lowest BCUT2D eigenvalue weighted by molar-refractivity contribution is -0.142. The van der Waals surface area contributed by atoms with Crippen molar-refractivity contribution in [2.24, 2.45) is 5.73 Å². The van der Waals surface area contributed by atoms with E-state index in [1.54, 1.807) is 11.8 Å². The third kappa shape index (κ3) is 3.09. The molecule has 2 fully saturated rings. The van der Waals surface area contributed by atoms with Gasteiger partial charge in [0.1, 0.15) is 24.5 Å². The molecule has 0 bridgehead atoms. The molecule has 7 nitrogen and oxygen atoms in total. The second-order valence-electron chi connectivity index (χ2n) is 6.82. The Morgan fingerprint density at radius 2 is 1.62 bits per heavy atom. The molecule has 3 aliphatic rings. The summed E-state index contributed by atoms with van der Waals surface area (Å²) in [4.78, 5) is 28.9. The van der Waals surface area contributed by atoms with Crippen molar-refractivity contribution in [1.29, 1.82) is 0 Å². The molecule has 7 heteroatoms. The number of nitrogens with zero attached hydrogens (tertiary/aromatic N) is 2. The van der Waals surface area contributed by atoms with Crippen LogP contribution in [0.1, 0.15) is 39.0 Å². The van der Waals surface area contributed by atoms with Gasteiger partial charge >= 0.3 is 0 Å². The first-order valence-corrected chi connectivity index (χ1v) is 8.85. The van der Waals surface area contributed by atoms with Crippen molar-refractivity contribution >= 4 is 11.8 Å². The highest BCUT2D eigenvalue weighted by Gasteiger charge is 2.46. The van der Waals surface area contributed by atoms with Crippen LogP contribution in [0.15, 0.2) is 11.5 Å². The molecule has 0 aromatic heterocycles. The molecule has 2 amide bonds. The molecule has 0 radical (unpaired) electrons. The maximum Gasteiger partial charge on any atom is 0.292 e. The van der Waals surface area contributed by atoms with Gasteiger partial charge in [-0.2, -0.15) is 0 Å². The first kappa shape index (κ1) is 17.1. The van der Waals surface area contributed by atoms with E-state index in [0.29, 0.717) is 50.7 Å². The Kier molecular flexibility index (Phi) is 4.99. The molecule has 2 N–H and O–H groups in total. The maximum atomic E-state index is 12.7. The molecule has 0 spiro atoms. The number of hydrogen-bond acceptors (Lipinski definition) is 5. The summed E-state index contributed by atoms with van der Waals surface area (Å²) in [5.41, 5.74) is 5.17. The standard InChI is InChI=1S/C17H27N3O4/c1-13-14(24-12-11-23-13)15(21)19-9-5-17(6-10-19,16(18)22)20-7-3-2-4-8-20/h2-12H2,1H3,(H2,18,22). The minimum Gasteiger partial charge on any atom is -0.491 e. The number of amides is 2. The van der Waals surface area contributed by atoms with Gasteiger partial charge in [-0.25, -0.2) is 0 Å². The van der Waals surface area contributed by atoms with Gasteiger partial charge in [0.15, 0.2) is 0 Å². The fourth-order valence-corrected chi connectivity index (χ4v) is 3.98. The fraction of sp³-hybridized carbons (Fsp3) is 0.765. The number of hydrogen-bond donors (Lipinski definition) is 1. The minimum absolute atomic E-state index is 0.149. The maximum absolute atomic E-state index is 12.7. The third-order valence-corrected chi connectivity index (χ3v) is 5.46. The molecule has 2 saturated heterocycles. The van der Waals surface area contributed by atoms with Gasteiger partial charge in [0.05, 0.1) is 0 Å². The average molecular weight is 337 g/mol. The van der Waals surface area contributed by atoms with E-state index in [1.807, 2.05) is 0 Å². The van der Waals surface area contributed by atoms with Gasteiger partial charge in [-0.1, -0.05) is 6.42 Å². The Balaban J connectivity index is 1.69. The van der Waals surface area contributed by atoms with Crippen LogP contribution in [0.25, 0.3) is 0 Å². The molecule has 0 aliphatic carbocycles. The molecular weight excluding hydrogens is 310 g/mol. The quantitative estimate of drug-likeness (QED) is 0.815. The number of piperidine rings is 2. The molecule has 0 unspecified atom stereocenters. The molecular formula is C17H27N3O4. The SMILES string of the molecule is CC1=C(C(=O)N2CCC(C(N)=O)(N3CCCCC3)CC2)OCCO1. The van der Waals surface area contributed by atoms with E-state index < -0.39 is 5.54 Å². The number of nitrogens with two attached hydrogens (primary N) is 1. The topological polar surface area (TPSA) is 85.1 Å². The summed E-state index contributed by atoms with van der Waals surface area (Å²) < 4.78 is 10.9. The van der Waals surface area contributed by atoms with Crippen LogP contribution in [-0.2, 0) is 19.1 Å². The number of rotatable bonds is 3. The van der Waals surface area contributed by atoms with Gasteiger partial charge in [0.25, 0.3) is 5.91 Å². The van der Waals surface area contributed by atoms with E-state index in [1.165, 1.54) is 6.42 Å². The van der Waals surface area contributed by atoms with Crippen LogP contribution < -0.4 is 5.73 Å². The number of likely N-dealkylation sites (tertiary alicyclic amines) is 2. The molecule has 3 rings (SSSR count). The van der Waals surface area contributed by atoms with E-state index in [-0.39, 0.29) is 11.8 Å². The van der Waals surface area contributed by atoms with Crippen LogP contribution in [0.3, 0.4) is 0 Å². The molecule has 3 heterocycles. The lowest BCUT2D eigenvalue weighted by Gasteiger charge is -2.48. The Bertz CT molecular complexity index is 532. The number of allylic oxidation sites excluding steroid dienone is 1. The van der Waals surface area contributed by atoms with E-state index in [2.05, 4.69) is 4.90 Å². The summed E-state index contributed by atoms with van der Waals surface area (Å²) in [6.07, 6.45) is 4.59. The monoisotopic (exact) mass is 337 g/mol. The Morgan fingerprint density at radius 1 is 1.00 bits per heavy atom. The van der Waals surface area contributed by atoms with E-state index in [4.69, 9.17) is 15.2 Å². The summed E-state index contributed by atoms with van der Waals surface area (Å²) in [5.74, 6) is 0.424. The van der Waals surface area contributed by atoms with Crippen molar-refractivity contribution in [2.45, 2.75) is 44.6 Å². The van der Waals surface area contributed by atoms with E-state index in [0.717, 1.165) is 25.9 Å². The minimum atomic E-state index is -0.607. The van der Waals surface area contributed by atoms with Crippen molar-refractivity contribution in [3.8, 4) is 0 Å². The summed E-state index contributed by atoms with van der Waals surface area (Å²) >= 11 is 0. The molecule has 24 heavy (non-hydrogen) atoms. The second-order valence-corrected chi connectivity index (χ2v) is 6.82. The summed E-state index contributed by atoms with van der Waals surface area (Å²) in [6, 6.07) is 0. The largest absolute Gasteiger partial charge is 0.491 e. The Morgan fingerprint density at radius 3 is 2.21 bits per heavy atom. The van der Waals surface area contributed by atoms with E-state index in [9.17, 15) is 9.59 Å². The summed E-state index contributed by atoms with van der Waals surface area (Å²) in [7, 11) is 0. The predicted molar refractivity (Wildman–Crippen MR) is 87.8 cm³/mol. The molecule has 0 aromatic carbocycles. The van der Waals surface area contributed by atoms with Crippen LogP contribution >= 0.6 is 0 Å². The highest BCUT2D eigenvalue weighted by Crippen LogP contribution is 2.32. The van der Waals surface area contributed by atoms with Crippen molar-refractivity contribution in [3.63, 3.8) is 0 Å². The number of carbonyl (C=O) groups is 2. The van der Waals surface area contributed by atoms with Gasteiger partial charge in [-0.3, -0.25) is 14.5 Å². The van der Waals surface area contributed by atoms with Gasteiger partial charge in [-0.15, -0.1) is 0 Å². The molecule has 3 aliphatic heterocycles. The number of primary amides is 1. The summed E-state index contributed by atoms with van der Waals surface area (Å²) in [5, 5.41) is 0. The van der Waals surface area contributed by atoms with Crippen LogP contribution in [0.4, 0.5) is 0 Å². The zero-order valence-corrected chi connectivity index (χ0v) is 14.4. The van der Waals surface area contributed by atoms with Crippen LogP contribution in [0.2, 0.25) is 0 Å². The van der Waals surface area contributed by atoms with Crippen molar-refractivity contribution < 1.29 is 19.1 Å². The number of ether oxygens (including phenoxy) is 2. The van der Waals surface area contributed by atoms with Gasteiger partial charge < -0.3 is 20.1 Å². The Labute approximate surface area is 142 Å². The molecule has 134 valence electrons. The normalized spacial score (nSPS) is 25.0. The summed E-state index contributed by atoms with van der Waals surface area (Å²) in [6.45, 7) is 5.47. The van der Waals surface area contributed by atoms with Gasteiger partial charge in [-0.05, 0) is 45.7 Å². The third-order valence-electron chi connectivity index (χ3n) is 5.46. The first-order valence-electron chi connectivity index (χ1n) is 8.85. The lowest BCUT2D eigenvalue weighted by Crippen LogP contribution is -2.63. The van der Waals surface area contributed by atoms with Crippen molar-refractivity contribution in [1.82, 2.24) is 9.80 Å².